The molecule has 7 heteroatoms. The Morgan fingerprint density at radius 1 is 1.17 bits per heavy atom. The SMILES string of the molecule is NCc1noc(Cc2ccc(C(F)(F)F)cc2)n1. The number of nitrogens with zero attached hydrogens (tertiary/aromatic N) is 2. The zero-order chi connectivity index (χ0) is 13.2. The number of hydrogen-bond donors (Lipinski definition) is 1. The fourth-order valence-electron chi connectivity index (χ4n) is 1.43. The van der Waals surface area contributed by atoms with Gasteiger partial charge in [-0.05, 0) is 17.7 Å². The van der Waals surface area contributed by atoms with Gasteiger partial charge in [-0.2, -0.15) is 18.2 Å². The fourth-order valence-corrected chi connectivity index (χ4v) is 1.43. The van der Waals surface area contributed by atoms with Gasteiger partial charge in [0.2, 0.25) is 5.89 Å². The first kappa shape index (κ1) is 12.6. The minimum atomic E-state index is -4.32. The molecule has 0 atom stereocenters. The summed E-state index contributed by atoms with van der Waals surface area (Å²) in [5.41, 5.74) is 5.30. The van der Waals surface area contributed by atoms with Crippen LogP contribution in [0.15, 0.2) is 28.8 Å². The molecule has 0 unspecified atom stereocenters. The maximum atomic E-state index is 12.3. The summed E-state index contributed by atoms with van der Waals surface area (Å²) in [5, 5.41) is 3.60. The van der Waals surface area contributed by atoms with E-state index in [2.05, 4.69) is 10.1 Å². The lowest BCUT2D eigenvalue weighted by atomic mass is 10.1. The molecule has 0 fully saturated rings. The van der Waals surface area contributed by atoms with Gasteiger partial charge in [0, 0.05) is 0 Å². The van der Waals surface area contributed by atoms with Crippen LogP contribution in [-0.2, 0) is 19.1 Å². The zero-order valence-electron chi connectivity index (χ0n) is 9.24. The van der Waals surface area contributed by atoms with Gasteiger partial charge in [0.25, 0.3) is 0 Å². The molecule has 1 aromatic carbocycles. The Balaban J connectivity index is 2.11. The van der Waals surface area contributed by atoms with E-state index in [-0.39, 0.29) is 13.0 Å². The van der Waals surface area contributed by atoms with Crippen LogP contribution in [-0.4, -0.2) is 10.1 Å². The summed E-state index contributed by atoms with van der Waals surface area (Å²) in [5.74, 6) is 0.701. The van der Waals surface area contributed by atoms with Crippen LogP contribution in [0.1, 0.15) is 22.8 Å². The Morgan fingerprint density at radius 3 is 2.33 bits per heavy atom. The quantitative estimate of drug-likeness (QED) is 0.914. The molecular formula is C11H10F3N3O. The van der Waals surface area contributed by atoms with Crippen molar-refractivity contribution >= 4 is 0 Å². The first-order valence-corrected chi connectivity index (χ1v) is 5.16. The van der Waals surface area contributed by atoms with Crippen molar-refractivity contribution in [2.24, 2.45) is 5.73 Å². The minimum absolute atomic E-state index is 0.163. The first-order valence-electron chi connectivity index (χ1n) is 5.16. The highest BCUT2D eigenvalue weighted by molar-refractivity contribution is 5.26. The summed E-state index contributed by atoms with van der Waals surface area (Å²) < 4.78 is 41.9. The van der Waals surface area contributed by atoms with E-state index in [9.17, 15) is 13.2 Å². The minimum Gasteiger partial charge on any atom is -0.339 e. The predicted octanol–water partition coefficient (Wildman–Crippen LogP) is 2.14. The number of alkyl halides is 3. The molecule has 2 rings (SSSR count). The van der Waals surface area contributed by atoms with Crippen LogP contribution in [0.4, 0.5) is 13.2 Å². The lowest BCUT2D eigenvalue weighted by Gasteiger charge is -2.06. The average Bonchev–Trinajstić information content (AvgIpc) is 2.76. The van der Waals surface area contributed by atoms with Crippen LogP contribution >= 0.6 is 0 Å². The monoisotopic (exact) mass is 257 g/mol. The van der Waals surface area contributed by atoms with E-state index in [0.717, 1.165) is 12.1 Å². The Morgan fingerprint density at radius 2 is 1.83 bits per heavy atom. The zero-order valence-corrected chi connectivity index (χ0v) is 9.24. The van der Waals surface area contributed by atoms with Gasteiger partial charge in [0.15, 0.2) is 5.82 Å². The summed E-state index contributed by atoms with van der Waals surface area (Å²) in [6, 6.07) is 4.81. The van der Waals surface area contributed by atoms with Crippen molar-refractivity contribution in [2.75, 3.05) is 0 Å². The van der Waals surface area contributed by atoms with Gasteiger partial charge in [-0.1, -0.05) is 17.3 Å². The molecule has 1 heterocycles. The molecule has 0 radical (unpaired) electrons. The molecule has 96 valence electrons. The van der Waals surface area contributed by atoms with Crippen molar-refractivity contribution in [3.8, 4) is 0 Å². The third kappa shape index (κ3) is 2.86. The Kier molecular flexibility index (Phi) is 3.33. The third-order valence-electron chi connectivity index (χ3n) is 2.33. The highest BCUT2D eigenvalue weighted by atomic mass is 19.4. The summed E-state index contributed by atoms with van der Waals surface area (Å²) in [4.78, 5) is 3.97. The van der Waals surface area contributed by atoms with Crippen molar-refractivity contribution in [3.63, 3.8) is 0 Å². The maximum Gasteiger partial charge on any atom is 0.416 e. The van der Waals surface area contributed by atoms with Gasteiger partial charge >= 0.3 is 6.18 Å². The van der Waals surface area contributed by atoms with E-state index < -0.39 is 11.7 Å². The van der Waals surface area contributed by atoms with E-state index in [1.807, 2.05) is 0 Å². The van der Waals surface area contributed by atoms with Gasteiger partial charge in [0.1, 0.15) is 0 Å². The molecule has 4 nitrogen and oxygen atoms in total. The molecule has 0 spiro atoms. The number of rotatable bonds is 3. The standard InChI is InChI=1S/C11H10F3N3O/c12-11(13,14)8-3-1-7(2-4-8)5-10-16-9(6-15)17-18-10/h1-4H,5-6,15H2. The molecule has 1 aromatic heterocycles. The molecule has 0 aliphatic heterocycles. The molecule has 0 bridgehead atoms. The molecule has 0 saturated heterocycles. The second-order valence-corrected chi connectivity index (χ2v) is 3.68. The van der Waals surface area contributed by atoms with Crippen LogP contribution in [0.2, 0.25) is 0 Å². The van der Waals surface area contributed by atoms with Crippen LogP contribution in [0.3, 0.4) is 0 Å². The topological polar surface area (TPSA) is 64.9 Å². The molecule has 2 N–H and O–H groups in total. The Hall–Kier alpha value is -1.89. The van der Waals surface area contributed by atoms with E-state index in [0.29, 0.717) is 17.3 Å². The van der Waals surface area contributed by atoms with Crippen molar-refractivity contribution in [2.45, 2.75) is 19.1 Å². The third-order valence-corrected chi connectivity index (χ3v) is 2.33. The molecule has 0 amide bonds. The molecule has 0 saturated carbocycles. The summed E-state index contributed by atoms with van der Waals surface area (Å²) >= 11 is 0. The second-order valence-electron chi connectivity index (χ2n) is 3.68. The number of hydrogen-bond acceptors (Lipinski definition) is 4. The molecule has 0 aliphatic carbocycles. The van der Waals surface area contributed by atoms with Crippen LogP contribution < -0.4 is 5.73 Å². The lowest BCUT2D eigenvalue weighted by Crippen LogP contribution is -2.04. The number of benzene rings is 1. The highest BCUT2D eigenvalue weighted by Gasteiger charge is 2.29. The maximum absolute atomic E-state index is 12.3. The fraction of sp³-hybridized carbons (Fsp3) is 0.273. The molecular weight excluding hydrogens is 247 g/mol. The van der Waals surface area contributed by atoms with Crippen molar-refractivity contribution in [1.29, 1.82) is 0 Å². The summed E-state index contributed by atoms with van der Waals surface area (Å²) in [6.45, 7) is 0.163. The number of halogens is 3. The lowest BCUT2D eigenvalue weighted by molar-refractivity contribution is -0.137. The molecule has 2 aromatic rings. The van der Waals surface area contributed by atoms with E-state index >= 15 is 0 Å². The van der Waals surface area contributed by atoms with Gasteiger partial charge in [0.05, 0.1) is 18.5 Å². The van der Waals surface area contributed by atoms with Crippen molar-refractivity contribution < 1.29 is 17.7 Å². The van der Waals surface area contributed by atoms with Gasteiger partial charge in [-0.3, -0.25) is 0 Å². The largest absolute Gasteiger partial charge is 0.416 e. The van der Waals surface area contributed by atoms with E-state index in [1.54, 1.807) is 0 Å². The highest BCUT2D eigenvalue weighted by Crippen LogP contribution is 2.29. The summed E-state index contributed by atoms with van der Waals surface area (Å²) in [6.07, 6.45) is -4.04. The van der Waals surface area contributed by atoms with Gasteiger partial charge < -0.3 is 10.3 Å². The van der Waals surface area contributed by atoms with Crippen LogP contribution in [0.5, 0.6) is 0 Å². The van der Waals surface area contributed by atoms with Crippen LogP contribution in [0.25, 0.3) is 0 Å². The number of aromatic nitrogens is 2. The van der Waals surface area contributed by atoms with E-state index in [4.69, 9.17) is 10.3 Å². The van der Waals surface area contributed by atoms with Gasteiger partial charge in [-0.25, -0.2) is 0 Å². The summed E-state index contributed by atoms with van der Waals surface area (Å²) in [7, 11) is 0. The molecule has 18 heavy (non-hydrogen) atoms. The Bertz CT molecular complexity index is 519. The second kappa shape index (κ2) is 4.77. The van der Waals surface area contributed by atoms with Crippen LogP contribution in [0, 0.1) is 0 Å². The number of nitrogens with two attached hydrogens (primary N) is 1. The Labute approximate surface area is 101 Å². The van der Waals surface area contributed by atoms with Crippen molar-refractivity contribution in [3.05, 3.63) is 47.1 Å². The predicted molar refractivity (Wildman–Crippen MR) is 56.4 cm³/mol. The van der Waals surface area contributed by atoms with Gasteiger partial charge in [-0.15, -0.1) is 0 Å². The molecule has 0 aliphatic rings. The average molecular weight is 257 g/mol. The smallest absolute Gasteiger partial charge is 0.339 e. The first-order chi connectivity index (χ1) is 8.49. The van der Waals surface area contributed by atoms with Crippen molar-refractivity contribution in [1.82, 2.24) is 10.1 Å². The van der Waals surface area contributed by atoms with E-state index in [1.165, 1.54) is 12.1 Å². The normalized spacial score (nSPS) is 11.8.